The zero-order chi connectivity index (χ0) is 23.3. The van der Waals surface area contributed by atoms with E-state index in [1.54, 1.807) is 6.07 Å². The van der Waals surface area contributed by atoms with Gasteiger partial charge in [-0.25, -0.2) is 4.79 Å². The smallest absolute Gasteiger partial charge is 0.361 e. The minimum Gasteiger partial charge on any atom is -0.487 e. The van der Waals surface area contributed by atoms with Gasteiger partial charge in [0.05, 0.1) is 58.9 Å². The first-order valence-electron chi connectivity index (χ1n) is 10.8. The number of carbonyl (C=O) groups is 1. The van der Waals surface area contributed by atoms with Gasteiger partial charge in [-0.3, -0.25) is 0 Å². The number of carbonyl (C=O) groups excluding carboxylic acids is 1. The molecule has 0 saturated heterocycles. The van der Waals surface area contributed by atoms with Crippen molar-refractivity contribution in [1.29, 1.82) is 0 Å². The van der Waals surface area contributed by atoms with Crippen molar-refractivity contribution >= 4 is 5.97 Å². The fourth-order valence-corrected chi connectivity index (χ4v) is 2.97. The van der Waals surface area contributed by atoms with E-state index in [2.05, 4.69) is 0 Å². The first-order chi connectivity index (χ1) is 16.2. The average molecular weight is 462 g/mol. The number of ether oxygens (including phenoxy) is 8. The van der Waals surface area contributed by atoms with E-state index in [-0.39, 0.29) is 12.2 Å². The van der Waals surface area contributed by atoms with E-state index in [4.69, 9.17) is 37.9 Å². The summed E-state index contributed by atoms with van der Waals surface area (Å²) < 4.78 is 43.6. The summed E-state index contributed by atoms with van der Waals surface area (Å²) in [6.45, 7) is 4.40. The van der Waals surface area contributed by atoms with Gasteiger partial charge in [0.2, 0.25) is 5.75 Å². The molecule has 1 atom stereocenters. The molecule has 0 aliphatic carbocycles. The van der Waals surface area contributed by atoms with Gasteiger partial charge in [-0.1, -0.05) is 30.3 Å². The molecule has 180 valence electrons. The van der Waals surface area contributed by atoms with Gasteiger partial charge >= 0.3 is 12.4 Å². The van der Waals surface area contributed by atoms with E-state index in [1.165, 1.54) is 13.2 Å². The van der Waals surface area contributed by atoms with Crippen LogP contribution in [0.2, 0.25) is 0 Å². The number of hydrogen-bond acceptors (Lipinski definition) is 9. The van der Waals surface area contributed by atoms with Crippen LogP contribution in [-0.4, -0.2) is 65.8 Å². The predicted molar refractivity (Wildman–Crippen MR) is 118 cm³/mol. The lowest BCUT2D eigenvalue weighted by Gasteiger charge is -2.11. The molecule has 9 heteroatoms. The maximum atomic E-state index is 11.9. The average Bonchev–Trinajstić information content (AvgIpc) is 3.25. The Morgan fingerprint density at radius 3 is 2.30 bits per heavy atom. The monoisotopic (exact) mass is 462 g/mol. The minimum absolute atomic E-state index is 0.250. The van der Waals surface area contributed by atoms with Crippen molar-refractivity contribution in [2.45, 2.75) is 20.0 Å². The molecule has 1 aliphatic rings. The van der Waals surface area contributed by atoms with Crippen LogP contribution in [0.3, 0.4) is 0 Å². The molecule has 0 radical (unpaired) electrons. The SMILES string of the molecule is CCOC1Oc2cc(C(=O)OC)cc(OCCOCCOCCOCc3ccccc3)c2O1. The molecule has 1 unspecified atom stereocenters. The summed E-state index contributed by atoms with van der Waals surface area (Å²) in [7, 11) is 1.31. The molecule has 9 nitrogen and oxygen atoms in total. The summed E-state index contributed by atoms with van der Waals surface area (Å²) in [6.07, 6.45) is 0. The summed E-state index contributed by atoms with van der Waals surface area (Å²) >= 11 is 0. The van der Waals surface area contributed by atoms with E-state index in [0.29, 0.717) is 63.5 Å². The Bertz CT molecular complexity index is 857. The summed E-state index contributed by atoms with van der Waals surface area (Å²) in [4.78, 5) is 11.9. The molecular formula is C24H30O9. The quantitative estimate of drug-likeness (QED) is 0.292. The van der Waals surface area contributed by atoms with E-state index >= 15 is 0 Å². The number of fused-ring (bicyclic) bond motifs is 1. The summed E-state index contributed by atoms with van der Waals surface area (Å²) in [5, 5.41) is 0. The van der Waals surface area contributed by atoms with E-state index in [0.717, 1.165) is 5.56 Å². The van der Waals surface area contributed by atoms with Gasteiger partial charge in [-0.2, -0.15) is 0 Å². The second-order valence-electron chi connectivity index (χ2n) is 6.88. The number of hydrogen-bond donors (Lipinski definition) is 0. The summed E-state index contributed by atoms with van der Waals surface area (Å²) in [5.41, 5.74) is 1.42. The van der Waals surface area contributed by atoms with Crippen molar-refractivity contribution in [3.05, 3.63) is 53.6 Å². The van der Waals surface area contributed by atoms with Crippen molar-refractivity contribution in [2.75, 3.05) is 53.4 Å². The molecule has 0 amide bonds. The van der Waals surface area contributed by atoms with Crippen LogP contribution < -0.4 is 14.2 Å². The van der Waals surface area contributed by atoms with Crippen LogP contribution in [0.25, 0.3) is 0 Å². The molecule has 0 bridgehead atoms. The van der Waals surface area contributed by atoms with Crippen LogP contribution in [-0.2, 0) is 30.3 Å². The third-order valence-electron chi connectivity index (χ3n) is 4.52. The van der Waals surface area contributed by atoms with Crippen molar-refractivity contribution in [1.82, 2.24) is 0 Å². The van der Waals surface area contributed by atoms with Crippen LogP contribution in [0.1, 0.15) is 22.8 Å². The predicted octanol–water partition coefficient (Wildman–Crippen LogP) is 3.19. The number of esters is 1. The largest absolute Gasteiger partial charge is 0.487 e. The first kappa shape index (κ1) is 24.8. The number of benzene rings is 2. The van der Waals surface area contributed by atoms with Gasteiger partial charge in [0, 0.05) is 0 Å². The van der Waals surface area contributed by atoms with Gasteiger partial charge in [0.15, 0.2) is 11.5 Å². The van der Waals surface area contributed by atoms with Gasteiger partial charge in [0.1, 0.15) is 6.61 Å². The van der Waals surface area contributed by atoms with E-state index in [9.17, 15) is 4.79 Å². The van der Waals surface area contributed by atoms with Crippen LogP contribution in [0.5, 0.6) is 17.2 Å². The zero-order valence-electron chi connectivity index (χ0n) is 18.9. The lowest BCUT2D eigenvalue weighted by Crippen LogP contribution is -2.21. The highest BCUT2D eigenvalue weighted by molar-refractivity contribution is 5.91. The number of rotatable bonds is 15. The molecule has 0 spiro atoms. The molecule has 1 heterocycles. The number of methoxy groups -OCH3 is 1. The van der Waals surface area contributed by atoms with Crippen LogP contribution in [0.15, 0.2) is 42.5 Å². The second-order valence-corrected chi connectivity index (χ2v) is 6.88. The molecule has 0 saturated carbocycles. The summed E-state index contributed by atoms with van der Waals surface area (Å²) in [5.74, 6) is 0.577. The lowest BCUT2D eigenvalue weighted by atomic mass is 10.2. The Hall–Kier alpha value is -2.85. The van der Waals surface area contributed by atoms with Crippen LogP contribution in [0.4, 0.5) is 0 Å². The maximum Gasteiger partial charge on any atom is 0.361 e. The molecule has 1 aliphatic heterocycles. The molecule has 0 aromatic heterocycles. The third kappa shape index (κ3) is 7.90. The standard InChI is InChI=1S/C24H30O9/c1-3-30-24-32-21-16-19(23(25)26-2)15-20(22(21)33-24)31-14-13-28-10-9-27-11-12-29-17-18-7-5-4-6-8-18/h4-8,15-16,24H,3,9-14,17H2,1-2H3. The Morgan fingerprint density at radius 1 is 0.909 bits per heavy atom. The van der Waals surface area contributed by atoms with Crippen LogP contribution >= 0.6 is 0 Å². The lowest BCUT2D eigenvalue weighted by molar-refractivity contribution is -0.173. The fraction of sp³-hybridized carbons (Fsp3) is 0.458. The Kier molecular flexibility index (Phi) is 10.2. The maximum absolute atomic E-state index is 11.9. The molecule has 33 heavy (non-hydrogen) atoms. The Labute approximate surface area is 193 Å². The van der Waals surface area contributed by atoms with Gasteiger partial charge in [-0.15, -0.1) is 0 Å². The second kappa shape index (κ2) is 13.6. The Morgan fingerprint density at radius 2 is 1.61 bits per heavy atom. The molecule has 2 aromatic carbocycles. The van der Waals surface area contributed by atoms with Crippen LogP contribution in [0, 0.1) is 0 Å². The highest BCUT2D eigenvalue weighted by Crippen LogP contribution is 2.44. The van der Waals surface area contributed by atoms with Gasteiger partial charge in [0.25, 0.3) is 0 Å². The molecular weight excluding hydrogens is 432 g/mol. The highest BCUT2D eigenvalue weighted by Gasteiger charge is 2.30. The van der Waals surface area contributed by atoms with E-state index in [1.807, 2.05) is 37.3 Å². The topological polar surface area (TPSA) is 90.9 Å². The Balaban J connectivity index is 1.32. The third-order valence-corrected chi connectivity index (χ3v) is 4.52. The van der Waals surface area contributed by atoms with Gasteiger partial charge in [-0.05, 0) is 24.6 Å². The van der Waals surface area contributed by atoms with Crippen molar-refractivity contribution in [2.24, 2.45) is 0 Å². The van der Waals surface area contributed by atoms with Crippen molar-refractivity contribution in [3.8, 4) is 17.2 Å². The molecule has 2 aromatic rings. The fourth-order valence-electron chi connectivity index (χ4n) is 2.97. The minimum atomic E-state index is -0.884. The molecule has 0 fully saturated rings. The summed E-state index contributed by atoms with van der Waals surface area (Å²) in [6, 6.07) is 13.1. The first-order valence-corrected chi connectivity index (χ1v) is 10.8. The van der Waals surface area contributed by atoms with Crippen molar-refractivity contribution < 1.29 is 42.7 Å². The normalized spacial score (nSPS) is 14.3. The molecule has 0 N–H and O–H groups in total. The highest BCUT2D eigenvalue weighted by atomic mass is 16.9. The zero-order valence-corrected chi connectivity index (χ0v) is 18.9. The molecule has 3 rings (SSSR count). The van der Waals surface area contributed by atoms with Crippen molar-refractivity contribution in [3.63, 3.8) is 0 Å². The van der Waals surface area contributed by atoms with Gasteiger partial charge < -0.3 is 37.9 Å². The van der Waals surface area contributed by atoms with E-state index < -0.39 is 12.4 Å².